The van der Waals surface area contributed by atoms with Gasteiger partial charge in [-0.15, -0.1) is 0 Å². The van der Waals surface area contributed by atoms with Gasteiger partial charge >= 0.3 is 0 Å². The summed E-state index contributed by atoms with van der Waals surface area (Å²) in [5, 5.41) is 6.61. The second-order valence-corrected chi connectivity index (χ2v) is 7.69. The number of aryl methyl sites for hydroxylation is 1. The molecule has 0 saturated carbocycles. The summed E-state index contributed by atoms with van der Waals surface area (Å²) in [6.07, 6.45) is 3.61. The SMILES string of the molecule is Cc1[nH]c2ccccc2c1CCNC(=O)C(=Cc1ccco1)NC(=O)c1ccc(Br)o1. The number of hydrogen-bond donors (Lipinski definition) is 3. The van der Waals surface area contributed by atoms with E-state index in [0.717, 1.165) is 22.2 Å². The van der Waals surface area contributed by atoms with Crippen molar-refractivity contribution in [1.82, 2.24) is 15.6 Å². The van der Waals surface area contributed by atoms with E-state index < -0.39 is 11.8 Å². The van der Waals surface area contributed by atoms with Crippen LogP contribution in [0.5, 0.6) is 0 Å². The maximum atomic E-state index is 12.8. The van der Waals surface area contributed by atoms with Gasteiger partial charge in [0.15, 0.2) is 10.4 Å². The van der Waals surface area contributed by atoms with Crippen molar-refractivity contribution in [1.29, 1.82) is 0 Å². The van der Waals surface area contributed by atoms with E-state index in [-0.39, 0.29) is 11.5 Å². The lowest BCUT2D eigenvalue weighted by Gasteiger charge is -2.10. The number of furan rings is 2. The Hall–Kier alpha value is -3.52. The highest BCUT2D eigenvalue weighted by Crippen LogP contribution is 2.22. The summed E-state index contributed by atoms with van der Waals surface area (Å²) >= 11 is 3.16. The normalized spacial score (nSPS) is 11.6. The summed E-state index contributed by atoms with van der Waals surface area (Å²) in [6, 6.07) is 14.6. The van der Waals surface area contributed by atoms with Crippen molar-refractivity contribution in [2.45, 2.75) is 13.3 Å². The number of amides is 2. The second kappa shape index (κ2) is 9.09. The molecule has 3 aromatic heterocycles. The number of aromatic amines is 1. The highest BCUT2D eigenvalue weighted by Gasteiger charge is 2.18. The van der Waals surface area contributed by atoms with Crippen molar-refractivity contribution in [2.24, 2.45) is 0 Å². The van der Waals surface area contributed by atoms with E-state index in [1.807, 2.05) is 25.1 Å². The number of aromatic nitrogens is 1. The van der Waals surface area contributed by atoms with Gasteiger partial charge in [-0.3, -0.25) is 9.59 Å². The molecule has 0 spiro atoms. The van der Waals surface area contributed by atoms with Crippen molar-refractivity contribution < 1.29 is 18.4 Å². The van der Waals surface area contributed by atoms with Gasteiger partial charge in [0.25, 0.3) is 11.8 Å². The van der Waals surface area contributed by atoms with Crippen LogP contribution in [0.2, 0.25) is 0 Å². The standard InChI is InChI=1S/C23H20BrN3O4/c1-14-16(17-6-2-3-7-18(17)26-14)10-11-25-22(28)19(13-15-5-4-12-30-15)27-23(29)20-8-9-21(24)31-20/h2-9,12-13,26H,10-11H2,1H3,(H,25,28)(H,27,29). The van der Waals surface area contributed by atoms with Crippen molar-refractivity contribution in [3.63, 3.8) is 0 Å². The van der Waals surface area contributed by atoms with Crippen LogP contribution in [0.3, 0.4) is 0 Å². The first-order chi connectivity index (χ1) is 15.0. The number of rotatable bonds is 7. The number of carbonyl (C=O) groups is 2. The molecule has 4 aromatic rings. The van der Waals surface area contributed by atoms with Gasteiger partial charge in [-0.1, -0.05) is 18.2 Å². The van der Waals surface area contributed by atoms with Crippen molar-refractivity contribution in [3.05, 3.63) is 87.9 Å². The minimum absolute atomic E-state index is 0.0584. The smallest absolute Gasteiger partial charge is 0.291 e. The highest BCUT2D eigenvalue weighted by atomic mass is 79.9. The van der Waals surface area contributed by atoms with Gasteiger partial charge in [-0.05, 0) is 65.2 Å². The summed E-state index contributed by atoms with van der Waals surface area (Å²) in [6.45, 7) is 2.42. The molecule has 2 amide bonds. The average Bonchev–Trinajstić information content (AvgIpc) is 3.48. The second-order valence-electron chi connectivity index (χ2n) is 6.91. The van der Waals surface area contributed by atoms with Gasteiger partial charge < -0.3 is 24.5 Å². The van der Waals surface area contributed by atoms with Gasteiger partial charge in [0.2, 0.25) is 0 Å². The van der Waals surface area contributed by atoms with Crippen LogP contribution in [0.15, 0.2) is 74.0 Å². The van der Waals surface area contributed by atoms with Gasteiger partial charge in [0, 0.05) is 29.2 Å². The van der Waals surface area contributed by atoms with E-state index in [1.54, 1.807) is 18.2 Å². The zero-order chi connectivity index (χ0) is 21.8. The predicted octanol–water partition coefficient (Wildman–Crippen LogP) is 4.55. The summed E-state index contributed by atoms with van der Waals surface area (Å²) in [5.74, 6) is -0.433. The van der Waals surface area contributed by atoms with Crippen molar-refractivity contribution in [3.8, 4) is 0 Å². The van der Waals surface area contributed by atoms with Crippen LogP contribution >= 0.6 is 15.9 Å². The molecule has 3 N–H and O–H groups in total. The average molecular weight is 482 g/mol. The lowest BCUT2D eigenvalue weighted by molar-refractivity contribution is -0.117. The Morgan fingerprint density at radius 3 is 2.71 bits per heavy atom. The molecule has 8 heteroatoms. The fourth-order valence-corrected chi connectivity index (χ4v) is 3.65. The summed E-state index contributed by atoms with van der Waals surface area (Å²) < 4.78 is 11.0. The molecule has 31 heavy (non-hydrogen) atoms. The lowest BCUT2D eigenvalue weighted by Crippen LogP contribution is -2.35. The number of H-pyrrole nitrogens is 1. The Kier molecular flexibility index (Phi) is 6.08. The fraction of sp³-hybridized carbons (Fsp3) is 0.130. The lowest BCUT2D eigenvalue weighted by atomic mass is 10.1. The van der Waals surface area contributed by atoms with Crippen LogP contribution in [0.4, 0.5) is 0 Å². The van der Waals surface area contributed by atoms with E-state index in [4.69, 9.17) is 8.83 Å². The number of carbonyl (C=O) groups excluding carboxylic acids is 2. The molecule has 0 aliphatic rings. The van der Waals surface area contributed by atoms with Crippen LogP contribution in [-0.2, 0) is 11.2 Å². The fourth-order valence-electron chi connectivity index (χ4n) is 3.35. The van der Waals surface area contributed by atoms with E-state index in [2.05, 4.69) is 37.6 Å². The van der Waals surface area contributed by atoms with Gasteiger partial charge in [-0.25, -0.2) is 0 Å². The Balaban J connectivity index is 1.46. The Morgan fingerprint density at radius 2 is 1.97 bits per heavy atom. The maximum Gasteiger partial charge on any atom is 0.291 e. The zero-order valence-corrected chi connectivity index (χ0v) is 18.3. The third kappa shape index (κ3) is 4.80. The minimum atomic E-state index is -0.536. The number of para-hydroxylation sites is 1. The molecular formula is C23H20BrN3O4. The third-order valence-corrected chi connectivity index (χ3v) is 5.23. The molecule has 158 valence electrons. The number of benzene rings is 1. The van der Waals surface area contributed by atoms with E-state index in [9.17, 15) is 9.59 Å². The first-order valence-electron chi connectivity index (χ1n) is 9.67. The quantitative estimate of drug-likeness (QED) is 0.337. The molecule has 0 atom stereocenters. The van der Waals surface area contributed by atoms with Gasteiger partial charge in [0.05, 0.1) is 6.26 Å². The molecule has 0 aliphatic heterocycles. The van der Waals surface area contributed by atoms with E-state index in [1.165, 1.54) is 18.4 Å². The Labute approximate surface area is 186 Å². The largest absolute Gasteiger partial charge is 0.465 e. The highest BCUT2D eigenvalue weighted by molar-refractivity contribution is 9.10. The summed E-state index contributed by atoms with van der Waals surface area (Å²) in [4.78, 5) is 28.7. The number of fused-ring (bicyclic) bond motifs is 1. The van der Waals surface area contributed by atoms with E-state index in [0.29, 0.717) is 23.4 Å². The molecular weight excluding hydrogens is 462 g/mol. The number of nitrogens with one attached hydrogen (secondary N) is 3. The molecule has 0 saturated heterocycles. The predicted molar refractivity (Wildman–Crippen MR) is 120 cm³/mol. The Bertz CT molecular complexity index is 1250. The first-order valence-corrected chi connectivity index (χ1v) is 10.5. The Morgan fingerprint density at radius 1 is 1.13 bits per heavy atom. The van der Waals surface area contributed by atoms with Crippen LogP contribution in [0.25, 0.3) is 17.0 Å². The third-order valence-electron chi connectivity index (χ3n) is 4.81. The van der Waals surface area contributed by atoms with Crippen LogP contribution in [0, 0.1) is 6.92 Å². The topological polar surface area (TPSA) is 100 Å². The molecule has 3 heterocycles. The zero-order valence-electron chi connectivity index (χ0n) is 16.7. The van der Waals surface area contributed by atoms with Crippen molar-refractivity contribution in [2.75, 3.05) is 6.54 Å². The molecule has 0 bridgehead atoms. The van der Waals surface area contributed by atoms with E-state index >= 15 is 0 Å². The molecule has 1 aromatic carbocycles. The molecule has 0 fully saturated rings. The minimum Gasteiger partial charge on any atom is -0.465 e. The molecule has 7 nitrogen and oxygen atoms in total. The number of halogens is 1. The van der Waals surface area contributed by atoms with Gasteiger partial charge in [-0.2, -0.15) is 0 Å². The van der Waals surface area contributed by atoms with Crippen molar-refractivity contribution >= 4 is 44.7 Å². The molecule has 0 radical (unpaired) electrons. The molecule has 4 rings (SSSR count). The summed E-state index contributed by atoms with van der Waals surface area (Å²) in [7, 11) is 0. The molecule has 0 unspecified atom stereocenters. The summed E-state index contributed by atoms with van der Waals surface area (Å²) in [5.41, 5.74) is 3.34. The first kappa shape index (κ1) is 20.7. The van der Waals surface area contributed by atoms with Crippen LogP contribution in [0.1, 0.15) is 27.6 Å². The van der Waals surface area contributed by atoms with Gasteiger partial charge in [0.1, 0.15) is 11.5 Å². The maximum absolute atomic E-state index is 12.8. The van der Waals surface area contributed by atoms with Crippen LogP contribution in [-0.4, -0.2) is 23.3 Å². The monoisotopic (exact) mass is 481 g/mol. The molecule has 0 aliphatic carbocycles. The van der Waals surface area contributed by atoms with Crippen LogP contribution < -0.4 is 10.6 Å². The number of hydrogen-bond acceptors (Lipinski definition) is 4.